The average Bonchev–Trinajstić information content (AvgIpc) is 3.05. The molecule has 0 aliphatic heterocycles. The molecule has 0 aliphatic carbocycles. The molecular weight excluding hydrogens is 314 g/mol. The summed E-state index contributed by atoms with van der Waals surface area (Å²) in [5.41, 5.74) is 3.32. The van der Waals surface area contributed by atoms with Gasteiger partial charge in [0.1, 0.15) is 12.0 Å². The first-order chi connectivity index (χ1) is 12.1. The number of benzene rings is 2. The minimum Gasteiger partial charge on any atom is -0.497 e. The van der Waals surface area contributed by atoms with E-state index >= 15 is 0 Å². The van der Waals surface area contributed by atoms with Crippen LogP contribution in [0.15, 0.2) is 60.7 Å². The van der Waals surface area contributed by atoms with Gasteiger partial charge in [-0.05, 0) is 37.3 Å². The summed E-state index contributed by atoms with van der Waals surface area (Å²) < 4.78 is 7.00. The Morgan fingerprint density at radius 2 is 1.96 bits per heavy atom. The van der Waals surface area contributed by atoms with Gasteiger partial charge in [-0.15, -0.1) is 0 Å². The maximum absolute atomic E-state index is 11.1. The molecule has 0 saturated heterocycles. The van der Waals surface area contributed by atoms with E-state index in [1.54, 1.807) is 13.2 Å². The predicted octanol–water partition coefficient (Wildman–Crippen LogP) is 4.01. The van der Waals surface area contributed by atoms with Crippen LogP contribution in [-0.2, 0) is 6.54 Å². The molecule has 0 saturated carbocycles. The lowest BCUT2D eigenvalue weighted by atomic mass is 10.1. The first-order valence-electron chi connectivity index (χ1n) is 7.90. The standard InChI is InChI=1S/C20H19N3O2/c1-14(2)12-23-20(17-6-4-5-15(11-17)13-24)21-19(22-23)16-7-9-18(25-3)10-8-16/h4-11,13H,1,12H2,2-3H3. The van der Waals surface area contributed by atoms with Gasteiger partial charge in [-0.2, -0.15) is 5.10 Å². The lowest BCUT2D eigenvalue weighted by molar-refractivity contribution is 0.112. The third-order valence-corrected chi connectivity index (χ3v) is 3.72. The van der Waals surface area contributed by atoms with Gasteiger partial charge < -0.3 is 4.74 Å². The van der Waals surface area contributed by atoms with Gasteiger partial charge in [0.2, 0.25) is 0 Å². The summed E-state index contributed by atoms with van der Waals surface area (Å²) in [6, 6.07) is 14.9. The van der Waals surface area contributed by atoms with Gasteiger partial charge in [-0.3, -0.25) is 4.79 Å². The molecule has 0 aliphatic rings. The second-order valence-corrected chi connectivity index (χ2v) is 5.85. The number of methoxy groups -OCH3 is 1. The fourth-order valence-electron chi connectivity index (χ4n) is 2.54. The van der Waals surface area contributed by atoms with Crippen LogP contribution in [-0.4, -0.2) is 28.2 Å². The van der Waals surface area contributed by atoms with E-state index in [0.29, 0.717) is 23.8 Å². The molecule has 25 heavy (non-hydrogen) atoms. The van der Waals surface area contributed by atoms with Crippen molar-refractivity contribution in [3.8, 4) is 28.5 Å². The number of nitrogens with zero attached hydrogens (tertiary/aromatic N) is 3. The molecule has 1 aromatic heterocycles. The van der Waals surface area contributed by atoms with E-state index in [1.165, 1.54) is 0 Å². The zero-order valence-corrected chi connectivity index (χ0v) is 14.3. The molecule has 0 amide bonds. The Bertz CT molecular complexity index is 911. The van der Waals surface area contributed by atoms with Crippen LogP contribution in [0.25, 0.3) is 22.8 Å². The SMILES string of the molecule is C=C(C)Cn1nc(-c2ccc(OC)cc2)nc1-c1cccc(C=O)c1. The van der Waals surface area contributed by atoms with E-state index < -0.39 is 0 Å². The van der Waals surface area contributed by atoms with Gasteiger partial charge in [0, 0.05) is 16.7 Å². The van der Waals surface area contributed by atoms with Gasteiger partial charge in [0.25, 0.3) is 0 Å². The smallest absolute Gasteiger partial charge is 0.181 e. The van der Waals surface area contributed by atoms with Crippen LogP contribution in [0.1, 0.15) is 17.3 Å². The number of hydrogen-bond acceptors (Lipinski definition) is 4. The summed E-state index contributed by atoms with van der Waals surface area (Å²) >= 11 is 0. The molecule has 1 heterocycles. The number of aromatic nitrogens is 3. The van der Waals surface area contributed by atoms with Gasteiger partial charge in [0.05, 0.1) is 13.7 Å². The molecule has 126 valence electrons. The third kappa shape index (κ3) is 3.66. The summed E-state index contributed by atoms with van der Waals surface area (Å²) in [7, 11) is 1.63. The maximum atomic E-state index is 11.1. The normalized spacial score (nSPS) is 10.5. The molecule has 0 fully saturated rings. The molecule has 0 spiro atoms. The zero-order chi connectivity index (χ0) is 17.8. The highest BCUT2D eigenvalue weighted by molar-refractivity contribution is 5.78. The molecule has 0 N–H and O–H groups in total. The summed E-state index contributed by atoms with van der Waals surface area (Å²) in [5, 5.41) is 4.62. The van der Waals surface area contributed by atoms with Gasteiger partial charge in [-0.25, -0.2) is 9.67 Å². The molecule has 2 aromatic carbocycles. The number of rotatable bonds is 6. The average molecular weight is 333 g/mol. The first kappa shape index (κ1) is 16.6. The first-order valence-corrected chi connectivity index (χ1v) is 7.90. The summed E-state index contributed by atoms with van der Waals surface area (Å²) in [6.45, 7) is 6.47. The van der Waals surface area contributed by atoms with Gasteiger partial charge in [0.15, 0.2) is 11.6 Å². The van der Waals surface area contributed by atoms with Gasteiger partial charge >= 0.3 is 0 Å². The molecule has 0 atom stereocenters. The van der Waals surface area contributed by atoms with Crippen molar-refractivity contribution in [2.75, 3.05) is 7.11 Å². The third-order valence-electron chi connectivity index (χ3n) is 3.72. The van der Waals surface area contributed by atoms with Crippen LogP contribution >= 0.6 is 0 Å². The van der Waals surface area contributed by atoms with E-state index in [2.05, 4.69) is 16.7 Å². The Balaban J connectivity index is 2.07. The largest absolute Gasteiger partial charge is 0.497 e. The van der Waals surface area contributed by atoms with Crippen LogP contribution in [0.3, 0.4) is 0 Å². The number of ether oxygens (including phenoxy) is 1. The highest BCUT2D eigenvalue weighted by atomic mass is 16.5. The van der Waals surface area contributed by atoms with Crippen LogP contribution in [0.4, 0.5) is 0 Å². The Hall–Kier alpha value is -3.21. The fraction of sp³-hybridized carbons (Fsp3) is 0.150. The number of allylic oxidation sites excluding steroid dienone is 1. The minimum atomic E-state index is 0.559. The predicted molar refractivity (Wildman–Crippen MR) is 97.6 cm³/mol. The van der Waals surface area contributed by atoms with E-state index in [1.807, 2.05) is 54.1 Å². The van der Waals surface area contributed by atoms with Crippen LogP contribution in [0, 0.1) is 0 Å². The van der Waals surface area contributed by atoms with Crippen molar-refractivity contribution < 1.29 is 9.53 Å². The van der Waals surface area contributed by atoms with Crippen molar-refractivity contribution in [2.24, 2.45) is 0 Å². The van der Waals surface area contributed by atoms with Crippen molar-refractivity contribution in [3.05, 3.63) is 66.2 Å². The fourth-order valence-corrected chi connectivity index (χ4v) is 2.54. The van der Waals surface area contributed by atoms with Crippen molar-refractivity contribution in [2.45, 2.75) is 13.5 Å². The molecule has 0 unspecified atom stereocenters. The van der Waals surface area contributed by atoms with E-state index in [-0.39, 0.29) is 0 Å². The van der Waals surface area contributed by atoms with E-state index in [0.717, 1.165) is 28.7 Å². The zero-order valence-electron chi connectivity index (χ0n) is 14.3. The monoisotopic (exact) mass is 333 g/mol. The number of carbonyl (C=O) groups is 1. The molecule has 3 rings (SSSR count). The van der Waals surface area contributed by atoms with Crippen LogP contribution in [0.5, 0.6) is 5.75 Å². The number of aldehydes is 1. The van der Waals surface area contributed by atoms with Crippen molar-refractivity contribution in [1.82, 2.24) is 14.8 Å². The van der Waals surface area contributed by atoms with Crippen LogP contribution in [0.2, 0.25) is 0 Å². The van der Waals surface area contributed by atoms with Crippen molar-refractivity contribution >= 4 is 6.29 Å². The van der Waals surface area contributed by atoms with E-state index in [4.69, 9.17) is 4.74 Å². The summed E-state index contributed by atoms with van der Waals surface area (Å²) in [4.78, 5) is 15.8. The van der Waals surface area contributed by atoms with E-state index in [9.17, 15) is 4.79 Å². The second kappa shape index (κ2) is 7.13. The van der Waals surface area contributed by atoms with Crippen molar-refractivity contribution in [3.63, 3.8) is 0 Å². The summed E-state index contributed by atoms with van der Waals surface area (Å²) in [5.74, 6) is 2.11. The lowest BCUT2D eigenvalue weighted by Crippen LogP contribution is -2.03. The Morgan fingerprint density at radius 1 is 1.20 bits per heavy atom. The summed E-state index contributed by atoms with van der Waals surface area (Å²) in [6.07, 6.45) is 0.827. The highest BCUT2D eigenvalue weighted by Gasteiger charge is 2.14. The minimum absolute atomic E-state index is 0.559. The Kier molecular flexibility index (Phi) is 4.75. The number of hydrogen-bond donors (Lipinski definition) is 0. The van der Waals surface area contributed by atoms with Crippen LogP contribution < -0.4 is 4.74 Å². The quantitative estimate of drug-likeness (QED) is 0.505. The molecule has 0 bridgehead atoms. The van der Waals surface area contributed by atoms with Crippen molar-refractivity contribution in [1.29, 1.82) is 0 Å². The highest BCUT2D eigenvalue weighted by Crippen LogP contribution is 2.25. The topological polar surface area (TPSA) is 57.0 Å². The molecule has 5 heteroatoms. The molecular formula is C20H19N3O2. The Morgan fingerprint density at radius 3 is 2.60 bits per heavy atom. The molecule has 5 nitrogen and oxygen atoms in total. The molecule has 0 radical (unpaired) electrons. The van der Waals surface area contributed by atoms with Gasteiger partial charge in [-0.1, -0.05) is 30.4 Å². The second-order valence-electron chi connectivity index (χ2n) is 5.85. The number of carbonyl (C=O) groups excluding carboxylic acids is 1. The molecule has 3 aromatic rings. The lowest BCUT2D eigenvalue weighted by Gasteiger charge is -2.05. The maximum Gasteiger partial charge on any atom is 0.181 e. The Labute approximate surface area is 146 Å².